The van der Waals surface area contributed by atoms with Crippen LogP contribution in [0.25, 0.3) is 11.4 Å². The molecule has 0 aliphatic rings. The lowest BCUT2D eigenvalue weighted by atomic mass is 10.1. The predicted octanol–water partition coefficient (Wildman–Crippen LogP) is 4.51. The number of benzene rings is 2. The Morgan fingerprint density at radius 2 is 1.77 bits per heavy atom. The second-order valence-electron chi connectivity index (χ2n) is 5.72. The molecule has 0 amide bonds. The van der Waals surface area contributed by atoms with Crippen molar-refractivity contribution in [3.05, 3.63) is 59.1 Å². The Labute approximate surface area is 161 Å². The molecule has 5 nitrogen and oxygen atoms in total. The van der Waals surface area contributed by atoms with E-state index in [2.05, 4.69) is 10.2 Å². The molecule has 0 saturated heterocycles. The average Bonchev–Trinajstić information content (AvgIpc) is 3.02. The van der Waals surface area contributed by atoms with Crippen molar-refractivity contribution in [1.82, 2.24) is 14.8 Å². The summed E-state index contributed by atoms with van der Waals surface area (Å²) in [5, 5.41) is 9.50. The van der Waals surface area contributed by atoms with Gasteiger partial charge in [0.15, 0.2) is 16.8 Å². The number of nitrogens with zero attached hydrogens (tertiary/aromatic N) is 3. The maximum absolute atomic E-state index is 12.6. The van der Waals surface area contributed by atoms with Gasteiger partial charge in [0.25, 0.3) is 0 Å². The largest absolute Gasteiger partial charge is 0.497 e. The molecule has 26 heavy (non-hydrogen) atoms. The van der Waals surface area contributed by atoms with Gasteiger partial charge in [-0.05, 0) is 55.5 Å². The first kappa shape index (κ1) is 18.5. The highest BCUT2D eigenvalue weighted by Gasteiger charge is 2.20. The first-order chi connectivity index (χ1) is 12.5. The van der Waals surface area contributed by atoms with Crippen LogP contribution in [-0.4, -0.2) is 32.9 Å². The summed E-state index contributed by atoms with van der Waals surface area (Å²) in [7, 11) is 3.52. The number of thioether (sulfide) groups is 1. The molecule has 1 unspecified atom stereocenters. The average molecular weight is 388 g/mol. The number of halogens is 1. The molecule has 0 fully saturated rings. The van der Waals surface area contributed by atoms with E-state index in [1.807, 2.05) is 42.8 Å². The number of Topliss-reactive ketones (excluding diaryl/α,β-unsaturated/α-hetero) is 1. The first-order valence-electron chi connectivity index (χ1n) is 8.00. The lowest BCUT2D eigenvalue weighted by Crippen LogP contribution is -2.14. The summed E-state index contributed by atoms with van der Waals surface area (Å²) in [6.45, 7) is 1.86. The Morgan fingerprint density at radius 3 is 2.38 bits per heavy atom. The predicted molar refractivity (Wildman–Crippen MR) is 104 cm³/mol. The highest BCUT2D eigenvalue weighted by atomic mass is 35.5. The molecule has 0 radical (unpaired) electrons. The van der Waals surface area contributed by atoms with Crippen molar-refractivity contribution in [2.45, 2.75) is 17.3 Å². The smallest absolute Gasteiger partial charge is 0.191 e. The van der Waals surface area contributed by atoms with E-state index < -0.39 is 0 Å². The highest BCUT2D eigenvalue weighted by Crippen LogP contribution is 2.28. The third-order valence-corrected chi connectivity index (χ3v) is 5.35. The minimum absolute atomic E-state index is 0.0284. The first-order valence-corrected chi connectivity index (χ1v) is 9.25. The van der Waals surface area contributed by atoms with Gasteiger partial charge in [-0.1, -0.05) is 23.4 Å². The number of ketones is 1. The molecule has 1 heterocycles. The van der Waals surface area contributed by atoms with Crippen LogP contribution in [-0.2, 0) is 7.05 Å². The van der Waals surface area contributed by atoms with Crippen molar-refractivity contribution in [2.75, 3.05) is 7.11 Å². The van der Waals surface area contributed by atoms with E-state index in [-0.39, 0.29) is 11.0 Å². The molecule has 0 spiro atoms. The zero-order valence-electron chi connectivity index (χ0n) is 14.6. The van der Waals surface area contributed by atoms with Crippen LogP contribution in [0.15, 0.2) is 53.7 Å². The monoisotopic (exact) mass is 387 g/mol. The zero-order valence-corrected chi connectivity index (χ0v) is 16.2. The van der Waals surface area contributed by atoms with E-state index in [1.54, 1.807) is 31.4 Å². The molecule has 0 bridgehead atoms. The molecule has 7 heteroatoms. The fraction of sp³-hybridized carbons (Fsp3) is 0.211. The number of carbonyl (C=O) groups is 1. The summed E-state index contributed by atoms with van der Waals surface area (Å²) < 4.78 is 7.06. The third-order valence-electron chi connectivity index (χ3n) is 3.96. The van der Waals surface area contributed by atoms with Gasteiger partial charge in [-0.2, -0.15) is 0 Å². The number of hydrogen-bond acceptors (Lipinski definition) is 5. The molecule has 1 aromatic heterocycles. The van der Waals surface area contributed by atoms with E-state index in [4.69, 9.17) is 16.3 Å². The van der Waals surface area contributed by atoms with Gasteiger partial charge in [-0.15, -0.1) is 10.2 Å². The third kappa shape index (κ3) is 3.92. The number of carbonyl (C=O) groups excluding carboxylic acids is 1. The van der Waals surface area contributed by atoms with Crippen LogP contribution >= 0.6 is 23.4 Å². The number of methoxy groups -OCH3 is 1. The molecule has 134 valence electrons. The Balaban J connectivity index is 1.76. The Morgan fingerprint density at radius 1 is 1.12 bits per heavy atom. The summed E-state index contributed by atoms with van der Waals surface area (Å²) in [4.78, 5) is 12.6. The molecule has 3 aromatic rings. The number of ether oxygens (including phenoxy) is 1. The molecular weight excluding hydrogens is 370 g/mol. The summed E-state index contributed by atoms with van der Waals surface area (Å²) >= 11 is 7.26. The summed E-state index contributed by atoms with van der Waals surface area (Å²) in [5.74, 6) is 1.55. The number of aromatic nitrogens is 3. The van der Waals surface area contributed by atoms with Gasteiger partial charge in [-0.3, -0.25) is 4.79 Å². The molecule has 0 saturated carbocycles. The van der Waals surface area contributed by atoms with Gasteiger partial charge < -0.3 is 9.30 Å². The van der Waals surface area contributed by atoms with Crippen LogP contribution < -0.4 is 4.74 Å². The van der Waals surface area contributed by atoms with Crippen molar-refractivity contribution < 1.29 is 9.53 Å². The lowest BCUT2D eigenvalue weighted by molar-refractivity contribution is 0.0994. The van der Waals surface area contributed by atoms with E-state index >= 15 is 0 Å². The minimum atomic E-state index is -0.289. The fourth-order valence-corrected chi connectivity index (χ4v) is 3.49. The standard InChI is InChI=1S/C19H18ClN3O2S/c1-12(17(24)13-4-8-15(20)9-5-13)26-19-22-21-18(23(19)2)14-6-10-16(25-3)11-7-14/h4-12H,1-3H3. The SMILES string of the molecule is COc1ccc(-c2nnc(SC(C)C(=O)c3ccc(Cl)cc3)n2C)cc1. The number of hydrogen-bond donors (Lipinski definition) is 0. The van der Waals surface area contributed by atoms with Crippen LogP contribution in [0.1, 0.15) is 17.3 Å². The Hall–Kier alpha value is -2.31. The van der Waals surface area contributed by atoms with Crippen LogP contribution in [0.3, 0.4) is 0 Å². The Bertz CT molecular complexity index is 908. The molecular formula is C19H18ClN3O2S. The van der Waals surface area contributed by atoms with Gasteiger partial charge in [0.1, 0.15) is 5.75 Å². The Kier molecular flexibility index (Phi) is 5.64. The molecule has 3 rings (SSSR count). The van der Waals surface area contributed by atoms with Crippen LogP contribution in [0.4, 0.5) is 0 Å². The summed E-state index contributed by atoms with van der Waals surface area (Å²) in [6, 6.07) is 14.5. The van der Waals surface area contributed by atoms with Gasteiger partial charge in [0.2, 0.25) is 0 Å². The van der Waals surface area contributed by atoms with E-state index in [0.29, 0.717) is 15.7 Å². The topological polar surface area (TPSA) is 57.0 Å². The van der Waals surface area contributed by atoms with Crippen molar-refractivity contribution in [3.63, 3.8) is 0 Å². The zero-order chi connectivity index (χ0) is 18.7. The second kappa shape index (κ2) is 7.93. The molecule has 0 aliphatic carbocycles. The molecule has 1 atom stereocenters. The maximum atomic E-state index is 12.6. The molecule has 2 aromatic carbocycles. The van der Waals surface area contributed by atoms with Gasteiger partial charge in [0, 0.05) is 23.2 Å². The summed E-state index contributed by atoms with van der Waals surface area (Å²) in [5.41, 5.74) is 1.57. The molecule has 0 N–H and O–H groups in total. The lowest BCUT2D eigenvalue weighted by Gasteiger charge is -2.10. The fourth-order valence-electron chi connectivity index (χ4n) is 2.47. The van der Waals surface area contributed by atoms with E-state index in [9.17, 15) is 4.79 Å². The second-order valence-corrected chi connectivity index (χ2v) is 7.47. The summed E-state index contributed by atoms with van der Waals surface area (Å²) in [6.07, 6.45) is 0. The van der Waals surface area contributed by atoms with Gasteiger partial charge in [0.05, 0.1) is 12.4 Å². The van der Waals surface area contributed by atoms with Gasteiger partial charge in [-0.25, -0.2) is 0 Å². The van der Waals surface area contributed by atoms with E-state index in [0.717, 1.165) is 17.1 Å². The van der Waals surface area contributed by atoms with Crippen molar-refractivity contribution >= 4 is 29.1 Å². The van der Waals surface area contributed by atoms with Crippen molar-refractivity contribution in [1.29, 1.82) is 0 Å². The van der Waals surface area contributed by atoms with Crippen LogP contribution in [0, 0.1) is 0 Å². The minimum Gasteiger partial charge on any atom is -0.497 e. The normalized spacial score (nSPS) is 12.0. The van der Waals surface area contributed by atoms with Crippen molar-refractivity contribution in [3.8, 4) is 17.1 Å². The van der Waals surface area contributed by atoms with Gasteiger partial charge >= 0.3 is 0 Å². The highest BCUT2D eigenvalue weighted by molar-refractivity contribution is 8.00. The van der Waals surface area contributed by atoms with Crippen LogP contribution in [0.5, 0.6) is 5.75 Å². The van der Waals surface area contributed by atoms with Crippen molar-refractivity contribution in [2.24, 2.45) is 7.05 Å². The van der Waals surface area contributed by atoms with Crippen LogP contribution in [0.2, 0.25) is 5.02 Å². The number of rotatable bonds is 6. The van der Waals surface area contributed by atoms with E-state index in [1.165, 1.54) is 11.8 Å². The quantitative estimate of drug-likeness (QED) is 0.460. The molecule has 0 aliphatic heterocycles. The maximum Gasteiger partial charge on any atom is 0.191 e.